The van der Waals surface area contributed by atoms with Gasteiger partial charge in [0.15, 0.2) is 0 Å². The van der Waals surface area contributed by atoms with Crippen LogP contribution in [0.15, 0.2) is 24.3 Å². The van der Waals surface area contributed by atoms with Gasteiger partial charge >= 0.3 is 0 Å². The van der Waals surface area contributed by atoms with Gasteiger partial charge in [-0.3, -0.25) is 0 Å². The van der Waals surface area contributed by atoms with E-state index in [1.807, 2.05) is 24.3 Å². The summed E-state index contributed by atoms with van der Waals surface area (Å²) in [5.41, 5.74) is 1.12. The molecule has 2 nitrogen and oxygen atoms in total. The maximum absolute atomic E-state index is 5.87. The first-order chi connectivity index (χ1) is 7.68. The molecule has 16 heavy (non-hydrogen) atoms. The molecular weight excluding hydrogens is 222 g/mol. The highest BCUT2D eigenvalue weighted by atomic mass is 35.5. The number of hydrogen-bond acceptors (Lipinski definition) is 2. The summed E-state index contributed by atoms with van der Waals surface area (Å²) >= 11 is 5.87. The first kappa shape index (κ1) is 13.5. The Morgan fingerprint density at radius 1 is 1.38 bits per heavy atom. The van der Waals surface area contributed by atoms with E-state index < -0.39 is 0 Å². The van der Waals surface area contributed by atoms with Crippen molar-refractivity contribution >= 4 is 11.6 Å². The van der Waals surface area contributed by atoms with E-state index >= 15 is 0 Å². The average Bonchev–Trinajstić information content (AvgIpc) is 2.23. The quantitative estimate of drug-likeness (QED) is 0.741. The molecule has 1 rings (SSSR count). The molecule has 1 N–H and O–H groups in total. The highest BCUT2D eigenvalue weighted by Gasteiger charge is 1.95. The van der Waals surface area contributed by atoms with E-state index in [-0.39, 0.29) is 0 Å². The predicted molar refractivity (Wildman–Crippen MR) is 68.8 cm³/mol. The molecule has 0 atom stereocenters. The molecule has 0 aliphatic rings. The molecule has 0 amide bonds. The maximum atomic E-state index is 5.87. The van der Waals surface area contributed by atoms with Crippen molar-refractivity contribution in [3.05, 3.63) is 34.9 Å². The van der Waals surface area contributed by atoms with Crippen LogP contribution in [0.25, 0.3) is 0 Å². The Balaban J connectivity index is 2.07. The van der Waals surface area contributed by atoms with E-state index in [1.165, 1.54) is 0 Å². The van der Waals surface area contributed by atoms with Crippen LogP contribution < -0.4 is 5.32 Å². The molecule has 0 saturated heterocycles. The van der Waals surface area contributed by atoms with Gasteiger partial charge in [-0.1, -0.05) is 37.6 Å². The molecule has 0 aliphatic carbocycles. The van der Waals surface area contributed by atoms with E-state index in [0.717, 1.165) is 30.3 Å². The second-order valence-electron chi connectivity index (χ2n) is 4.28. The highest BCUT2D eigenvalue weighted by molar-refractivity contribution is 6.30. The summed E-state index contributed by atoms with van der Waals surface area (Å²) in [7, 11) is 0. The third-order valence-corrected chi connectivity index (χ3v) is 2.37. The second kappa shape index (κ2) is 7.66. The van der Waals surface area contributed by atoms with Gasteiger partial charge in [0.1, 0.15) is 0 Å². The van der Waals surface area contributed by atoms with Gasteiger partial charge in [0.25, 0.3) is 0 Å². The van der Waals surface area contributed by atoms with E-state index in [2.05, 4.69) is 19.2 Å². The van der Waals surface area contributed by atoms with Crippen LogP contribution in [0.1, 0.15) is 19.4 Å². The van der Waals surface area contributed by atoms with Gasteiger partial charge in [-0.25, -0.2) is 0 Å². The van der Waals surface area contributed by atoms with E-state index in [1.54, 1.807) is 0 Å². The standard InChI is InChI=1S/C13H20ClNO/c1-11(2)9-15-6-7-16-10-12-4-3-5-13(14)8-12/h3-5,8,11,15H,6-7,9-10H2,1-2H3. The van der Waals surface area contributed by atoms with Gasteiger partial charge in [0, 0.05) is 11.6 Å². The predicted octanol–water partition coefficient (Wildman–Crippen LogP) is 3.10. The van der Waals surface area contributed by atoms with E-state index in [0.29, 0.717) is 12.5 Å². The third kappa shape index (κ3) is 6.11. The lowest BCUT2D eigenvalue weighted by Gasteiger charge is -2.08. The minimum Gasteiger partial charge on any atom is -0.375 e. The first-order valence-electron chi connectivity index (χ1n) is 5.71. The van der Waals surface area contributed by atoms with Crippen LogP contribution in [0.3, 0.4) is 0 Å². The zero-order valence-corrected chi connectivity index (χ0v) is 10.8. The summed E-state index contributed by atoms with van der Waals surface area (Å²) in [4.78, 5) is 0. The number of halogens is 1. The van der Waals surface area contributed by atoms with Crippen molar-refractivity contribution in [1.29, 1.82) is 0 Å². The fourth-order valence-corrected chi connectivity index (χ4v) is 1.56. The Morgan fingerprint density at radius 2 is 2.19 bits per heavy atom. The number of nitrogens with one attached hydrogen (secondary N) is 1. The molecule has 1 aromatic rings. The van der Waals surface area contributed by atoms with E-state index in [9.17, 15) is 0 Å². The minimum atomic E-state index is 0.629. The molecule has 0 aromatic heterocycles. The molecule has 1 aromatic carbocycles. The zero-order valence-electron chi connectivity index (χ0n) is 10.0. The lowest BCUT2D eigenvalue weighted by Crippen LogP contribution is -2.23. The summed E-state index contributed by atoms with van der Waals surface area (Å²) in [5, 5.41) is 4.09. The fourth-order valence-electron chi connectivity index (χ4n) is 1.35. The van der Waals surface area contributed by atoms with Crippen LogP contribution in [0, 0.1) is 5.92 Å². The van der Waals surface area contributed by atoms with Gasteiger partial charge in [0.05, 0.1) is 13.2 Å². The number of rotatable bonds is 7. The van der Waals surface area contributed by atoms with Crippen molar-refractivity contribution in [2.45, 2.75) is 20.5 Å². The molecule has 90 valence electrons. The lowest BCUT2D eigenvalue weighted by molar-refractivity contribution is 0.122. The molecule has 0 spiro atoms. The summed E-state index contributed by atoms with van der Waals surface area (Å²) in [6.45, 7) is 7.70. The molecule has 0 saturated carbocycles. The van der Waals surface area contributed by atoms with Crippen molar-refractivity contribution in [3.8, 4) is 0 Å². The Morgan fingerprint density at radius 3 is 2.88 bits per heavy atom. The molecule has 0 aliphatic heterocycles. The van der Waals surface area contributed by atoms with Crippen LogP contribution in [0.4, 0.5) is 0 Å². The summed E-state index contributed by atoms with van der Waals surface area (Å²) in [6, 6.07) is 7.77. The Kier molecular flexibility index (Phi) is 6.46. The Hall–Kier alpha value is -0.570. The number of benzene rings is 1. The van der Waals surface area contributed by atoms with Crippen molar-refractivity contribution < 1.29 is 4.74 Å². The zero-order chi connectivity index (χ0) is 11.8. The molecular formula is C13H20ClNO. The normalized spacial score (nSPS) is 11.0. The van der Waals surface area contributed by atoms with Crippen molar-refractivity contribution in [3.63, 3.8) is 0 Å². The molecule has 0 radical (unpaired) electrons. The summed E-state index contributed by atoms with van der Waals surface area (Å²) in [6.07, 6.45) is 0. The fraction of sp³-hybridized carbons (Fsp3) is 0.538. The first-order valence-corrected chi connectivity index (χ1v) is 6.09. The highest BCUT2D eigenvalue weighted by Crippen LogP contribution is 2.11. The monoisotopic (exact) mass is 241 g/mol. The summed E-state index contributed by atoms with van der Waals surface area (Å²) in [5.74, 6) is 0.688. The molecule has 3 heteroatoms. The van der Waals surface area contributed by atoms with E-state index in [4.69, 9.17) is 16.3 Å². The minimum absolute atomic E-state index is 0.629. The van der Waals surface area contributed by atoms with Crippen LogP contribution >= 0.6 is 11.6 Å². The SMILES string of the molecule is CC(C)CNCCOCc1cccc(Cl)c1. The van der Waals surface area contributed by atoms with Gasteiger partial charge < -0.3 is 10.1 Å². The second-order valence-corrected chi connectivity index (χ2v) is 4.72. The number of hydrogen-bond donors (Lipinski definition) is 1. The van der Waals surface area contributed by atoms with Crippen LogP contribution in [0.2, 0.25) is 5.02 Å². The lowest BCUT2D eigenvalue weighted by atomic mass is 10.2. The van der Waals surface area contributed by atoms with Crippen molar-refractivity contribution in [2.75, 3.05) is 19.7 Å². The van der Waals surface area contributed by atoms with Gasteiger partial charge in [0.2, 0.25) is 0 Å². The topological polar surface area (TPSA) is 21.3 Å². The third-order valence-electron chi connectivity index (χ3n) is 2.13. The smallest absolute Gasteiger partial charge is 0.0718 e. The van der Waals surface area contributed by atoms with Crippen molar-refractivity contribution in [1.82, 2.24) is 5.32 Å². The average molecular weight is 242 g/mol. The molecule has 0 bridgehead atoms. The Labute approximate surface area is 103 Å². The number of ether oxygens (including phenoxy) is 1. The molecule has 0 fully saturated rings. The van der Waals surface area contributed by atoms with Crippen LogP contribution in [0.5, 0.6) is 0 Å². The molecule has 0 heterocycles. The van der Waals surface area contributed by atoms with Gasteiger partial charge in [-0.2, -0.15) is 0 Å². The van der Waals surface area contributed by atoms with Crippen molar-refractivity contribution in [2.24, 2.45) is 5.92 Å². The van der Waals surface area contributed by atoms with Gasteiger partial charge in [-0.05, 0) is 30.2 Å². The largest absolute Gasteiger partial charge is 0.375 e. The van der Waals surface area contributed by atoms with Gasteiger partial charge in [-0.15, -0.1) is 0 Å². The molecule has 0 unspecified atom stereocenters. The maximum Gasteiger partial charge on any atom is 0.0718 e. The van der Waals surface area contributed by atoms with Crippen LogP contribution in [-0.2, 0) is 11.3 Å². The summed E-state index contributed by atoms with van der Waals surface area (Å²) < 4.78 is 5.54. The van der Waals surface area contributed by atoms with Crippen LogP contribution in [-0.4, -0.2) is 19.7 Å². The Bertz CT molecular complexity index is 302.